The van der Waals surface area contributed by atoms with Crippen LogP contribution in [0.2, 0.25) is 0 Å². The first kappa shape index (κ1) is 35.5. The Kier molecular flexibility index (Phi) is 10.1. The van der Waals surface area contributed by atoms with E-state index >= 15 is 0 Å². The molecule has 1 saturated heterocycles. The van der Waals surface area contributed by atoms with Gasteiger partial charge in [-0.25, -0.2) is 14.8 Å². The van der Waals surface area contributed by atoms with Gasteiger partial charge in [0.05, 0.1) is 50.0 Å². The zero-order chi connectivity index (χ0) is 37.2. The van der Waals surface area contributed by atoms with Crippen LogP contribution in [-0.2, 0) is 38.9 Å². The van der Waals surface area contributed by atoms with E-state index in [1.807, 2.05) is 32.9 Å². The SMILES string of the molecule is CCCN(Cc1ncc(-c2cc3c4c(c2)OCc2cc(-c5cnc([C@H]6CCCN6C(=O)C(NC(=O)OC)C(C)C)[nH]5)cc(c2-4)OC3)[nH]1)C(=O)CNC=O. The average molecular weight is 725 g/mol. The molecule has 15 nitrogen and oxygen atoms in total. The minimum Gasteiger partial charge on any atom is -0.488 e. The summed E-state index contributed by atoms with van der Waals surface area (Å²) in [6.45, 7) is 7.84. The Balaban J connectivity index is 1.11. The molecule has 53 heavy (non-hydrogen) atoms. The number of likely N-dealkylation sites (tertiary alicyclic amines) is 1. The van der Waals surface area contributed by atoms with Gasteiger partial charge in [0.2, 0.25) is 18.2 Å². The molecule has 3 aliphatic rings. The van der Waals surface area contributed by atoms with Crippen LogP contribution in [0.1, 0.15) is 68.9 Å². The van der Waals surface area contributed by atoms with E-state index in [0.29, 0.717) is 50.9 Å². The minimum atomic E-state index is -0.707. The number of nitrogens with one attached hydrogen (secondary N) is 4. The molecule has 0 saturated carbocycles. The molecule has 0 bridgehead atoms. The Hall–Kier alpha value is -5.86. The highest BCUT2D eigenvalue weighted by Crippen LogP contribution is 2.50. The third-order valence-electron chi connectivity index (χ3n) is 10.00. The van der Waals surface area contributed by atoms with Crippen molar-refractivity contribution in [1.82, 2.24) is 40.4 Å². The zero-order valence-corrected chi connectivity index (χ0v) is 30.3. The topological polar surface area (TPSA) is 184 Å². The van der Waals surface area contributed by atoms with Crippen LogP contribution in [0, 0.1) is 5.92 Å². The van der Waals surface area contributed by atoms with E-state index in [-0.39, 0.29) is 30.3 Å². The first-order chi connectivity index (χ1) is 25.7. The summed E-state index contributed by atoms with van der Waals surface area (Å²) in [7, 11) is 1.28. The summed E-state index contributed by atoms with van der Waals surface area (Å²) < 4.78 is 17.5. The molecule has 0 spiro atoms. The first-order valence-electron chi connectivity index (χ1n) is 18.0. The maximum atomic E-state index is 13.6. The van der Waals surface area contributed by atoms with Gasteiger partial charge in [0.1, 0.15) is 42.4 Å². The molecule has 2 aromatic heterocycles. The Morgan fingerprint density at radius 3 is 2.30 bits per heavy atom. The maximum absolute atomic E-state index is 13.6. The average Bonchev–Trinajstić information content (AvgIpc) is 3.96. The highest BCUT2D eigenvalue weighted by atomic mass is 16.5. The lowest BCUT2D eigenvalue weighted by molar-refractivity contribution is -0.135. The number of aromatic nitrogens is 4. The number of rotatable bonds is 13. The number of aromatic amines is 2. The Morgan fingerprint density at radius 2 is 1.68 bits per heavy atom. The number of benzene rings is 2. The van der Waals surface area contributed by atoms with Gasteiger partial charge in [-0.15, -0.1) is 0 Å². The van der Waals surface area contributed by atoms with Crippen molar-refractivity contribution in [3.8, 4) is 45.1 Å². The maximum Gasteiger partial charge on any atom is 0.407 e. The fourth-order valence-electron chi connectivity index (χ4n) is 7.41. The van der Waals surface area contributed by atoms with E-state index in [1.54, 1.807) is 22.2 Å². The second-order valence-electron chi connectivity index (χ2n) is 13.9. The first-order valence-corrected chi connectivity index (χ1v) is 18.0. The van der Waals surface area contributed by atoms with Gasteiger partial charge < -0.3 is 44.6 Å². The number of amides is 4. The Bertz CT molecular complexity index is 1990. The van der Waals surface area contributed by atoms with Gasteiger partial charge in [-0.1, -0.05) is 20.8 Å². The molecule has 1 unspecified atom stereocenters. The quantitative estimate of drug-likeness (QED) is 0.145. The van der Waals surface area contributed by atoms with Gasteiger partial charge in [-0.3, -0.25) is 14.4 Å². The standard InChI is InChI=1S/C38H44N8O7/c1-5-8-45(32(48)16-39-20-47)17-31-40-14-26(42-31)22-10-24-18-53-30-13-23(11-25-19-52-29(12-22)33(24)34(25)30)27-15-41-36(43-27)28-7-6-9-46(28)37(49)35(21(2)3)44-38(50)51-4/h10-15,20-21,28,35H,5-9,16-19H2,1-4H3,(H,39,47)(H,40,42)(H,41,43)(H,44,50)/t28-,35?/m1/s1. The number of imidazole rings is 2. The third kappa shape index (κ3) is 7.02. The third-order valence-corrected chi connectivity index (χ3v) is 10.00. The molecule has 3 aliphatic heterocycles. The molecule has 7 rings (SSSR count). The summed E-state index contributed by atoms with van der Waals surface area (Å²) in [5, 5.41) is 5.13. The summed E-state index contributed by atoms with van der Waals surface area (Å²) in [5.74, 6) is 2.40. The molecule has 0 aliphatic carbocycles. The van der Waals surface area contributed by atoms with Crippen LogP contribution in [0.4, 0.5) is 4.79 Å². The van der Waals surface area contributed by atoms with Crippen LogP contribution >= 0.6 is 0 Å². The van der Waals surface area contributed by atoms with Gasteiger partial charge in [0, 0.05) is 46.5 Å². The molecule has 0 radical (unpaired) electrons. The number of H-pyrrole nitrogens is 2. The predicted molar refractivity (Wildman–Crippen MR) is 193 cm³/mol. The summed E-state index contributed by atoms with van der Waals surface area (Å²) in [6, 6.07) is 7.24. The van der Waals surface area contributed by atoms with E-state index in [0.717, 1.165) is 75.5 Å². The molecule has 4 amide bonds. The Morgan fingerprint density at radius 1 is 1.02 bits per heavy atom. The molecule has 278 valence electrons. The number of hydrogen-bond acceptors (Lipinski definition) is 9. The van der Waals surface area contributed by atoms with Crippen LogP contribution in [-0.4, -0.2) is 86.8 Å². The van der Waals surface area contributed by atoms with Crippen molar-refractivity contribution >= 4 is 24.3 Å². The van der Waals surface area contributed by atoms with Gasteiger partial charge in [-0.2, -0.15) is 0 Å². The number of nitrogens with zero attached hydrogens (tertiary/aromatic N) is 4. The number of carbonyl (C=O) groups excluding carboxylic acids is 4. The van der Waals surface area contributed by atoms with Gasteiger partial charge in [-0.05, 0) is 49.4 Å². The highest BCUT2D eigenvalue weighted by Gasteiger charge is 2.38. The molecule has 4 N–H and O–H groups in total. The lowest BCUT2D eigenvalue weighted by Gasteiger charge is -2.30. The molecule has 5 heterocycles. The molecular weight excluding hydrogens is 680 g/mol. The lowest BCUT2D eigenvalue weighted by atomic mass is 9.87. The molecule has 4 aromatic rings. The largest absolute Gasteiger partial charge is 0.488 e. The van der Waals surface area contributed by atoms with E-state index in [1.165, 1.54) is 7.11 Å². The van der Waals surface area contributed by atoms with E-state index < -0.39 is 12.1 Å². The van der Waals surface area contributed by atoms with Crippen molar-refractivity contribution in [3.05, 3.63) is 59.4 Å². The summed E-state index contributed by atoms with van der Waals surface area (Å²) >= 11 is 0. The summed E-state index contributed by atoms with van der Waals surface area (Å²) in [5.41, 5.74) is 7.40. The molecule has 2 aromatic carbocycles. The fraction of sp³-hybridized carbons (Fsp3) is 0.421. The highest BCUT2D eigenvalue weighted by molar-refractivity contribution is 5.89. The lowest BCUT2D eigenvalue weighted by Crippen LogP contribution is -2.51. The van der Waals surface area contributed by atoms with Crippen LogP contribution in [0.25, 0.3) is 33.6 Å². The van der Waals surface area contributed by atoms with Crippen LogP contribution in [0.5, 0.6) is 11.5 Å². The van der Waals surface area contributed by atoms with E-state index in [9.17, 15) is 19.2 Å². The van der Waals surface area contributed by atoms with Crippen molar-refractivity contribution in [3.63, 3.8) is 0 Å². The Labute approximate surface area is 306 Å². The number of hydrogen-bond donors (Lipinski definition) is 4. The molecule has 15 heteroatoms. The van der Waals surface area contributed by atoms with Crippen molar-refractivity contribution in [2.75, 3.05) is 26.7 Å². The normalized spacial score (nSPS) is 15.9. The zero-order valence-electron chi connectivity index (χ0n) is 30.3. The van der Waals surface area contributed by atoms with Gasteiger partial charge in [0.15, 0.2) is 0 Å². The van der Waals surface area contributed by atoms with Gasteiger partial charge >= 0.3 is 6.09 Å². The minimum absolute atomic E-state index is 0.0598. The van der Waals surface area contributed by atoms with Crippen LogP contribution in [0.15, 0.2) is 36.7 Å². The summed E-state index contributed by atoms with van der Waals surface area (Å²) in [6.07, 6.45) is 5.78. The summed E-state index contributed by atoms with van der Waals surface area (Å²) in [4.78, 5) is 68.4. The van der Waals surface area contributed by atoms with Crippen molar-refractivity contribution < 1.29 is 33.4 Å². The van der Waals surface area contributed by atoms with Crippen LogP contribution in [0.3, 0.4) is 0 Å². The molecule has 2 atom stereocenters. The van der Waals surface area contributed by atoms with Crippen molar-refractivity contribution in [2.45, 2.75) is 71.9 Å². The van der Waals surface area contributed by atoms with Crippen molar-refractivity contribution in [1.29, 1.82) is 0 Å². The van der Waals surface area contributed by atoms with Gasteiger partial charge in [0.25, 0.3) is 0 Å². The second kappa shape index (κ2) is 15.0. The number of methoxy groups -OCH3 is 1. The smallest absolute Gasteiger partial charge is 0.407 e. The molecule has 1 fully saturated rings. The van der Waals surface area contributed by atoms with Crippen molar-refractivity contribution in [2.24, 2.45) is 5.92 Å². The predicted octanol–water partition coefficient (Wildman–Crippen LogP) is 4.45. The number of ether oxygens (including phenoxy) is 3. The fourth-order valence-corrected chi connectivity index (χ4v) is 7.41. The van der Waals surface area contributed by atoms with Crippen LogP contribution < -0.4 is 20.1 Å². The number of alkyl carbamates (subject to hydrolysis) is 1. The second-order valence-corrected chi connectivity index (χ2v) is 13.9. The number of carbonyl (C=O) groups is 4. The van der Waals surface area contributed by atoms with E-state index in [2.05, 4.69) is 37.7 Å². The van der Waals surface area contributed by atoms with E-state index in [4.69, 9.17) is 19.2 Å². The monoisotopic (exact) mass is 724 g/mol. The molecular formula is C38H44N8O7.